The third-order valence-electron chi connectivity index (χ3n) is 13.3. The van der Waals surface area contributed by atoms with Crippen molar-refractivity contribution >= 4 is 17.9 Å². The summed E-state index contributed by atoms with van der Waals surface area (Å²) in [5.74, 6) is -2.85. The van der Waals surface area contributed by atoms with Crippen LogP contribution in [0.2, 0.25) is 0 Å². The number of ether oxygens (including phenoxy) is 3. The topological polar surface area (TPSA) is 88.6 Å². The molecule has 0 radical (unpaired) electrons. The Morgan fingerprint density at radius 1 is 0.451 bits per heavy atom. The van der Waals surface area contributed by atoms with E-state index >= 15 is 0 Å². The molecule has 3 atom stereocenters. The molecular formula is C42H75N3O6. The van der Waals surface area contributed by atoms with Gasteiger partial charge in [0.05, 0.1) is 17.8 Å². The maximum absolute atomic E-state index is 14.3. The molecule has 0 aromatic heterocycles. The van der Waals surface area contributed by atoms with Crippen LogP contribution in [-0.4, -0.2) is 104 Å². The van der Waals surface area contributed by atoms with Crippen molar-refractivity contribution in [2.24, 2.45) is 17.8 Å². The van der Waals surface area contributed by atoms with Gasteiger partial charge in [-0.15, -0.1) is 0 Å². The molecule has 3 saturated heterocycles. The van der Waals surface area contributed by atoms with Gasteiger partial charge in [0, 0.05) is 71.8 Å². The number of carbonyl (C=O) groups excluding carboxylic acids is 3. The third-order valence-corrected chi connectivity index (χ3v) is 13.3. The minimum atomic E-state index is -0.759. The van der Waals surface area contributed by atoms with Gasteiger partial charge in [0.25, 0.3) is 0 Å². The molecule has 3 unspecified atom stereocenters. The molecule has 4 rings (SSSR count). The van der Waals surface area contributed by atoms with Gasteiger partial charge in [0.2, 0.25) is 0 Å². The van der Waals surface area contributed by atoms with E-state index in [2.05, 4.69) is 119 Å². The summed E-state index contributed by atoms with van der Waals surface area (Å²) in [5, 5.41) is 0. The number of hydrogen-bond donors (Lipinski definition) is 0. The summed E-state index contributed by atoms with van der Waals surface area (Å²) in [4.78, 5) is 49.9. The van der Waals surface area contributed by atoms with Crippen LogP contribution in [0, 0.1) is 17.8 Å². The minimum Gasteiger partial charge on any atom is -0.462 e. The molecule has 9 nitrogen and oxygen atoms in total. The fourth-order valence-corrected chi connectivity index (χ4v) is 12.2. The number of nitrogens with zero attached hydrogens (tertiary/aromatic N) is 3. The lowest BCUT2D eigenvalue weighted by Crippen LogP contribution is -2.62. The average molecular weight is 718 g/mol. The van der Waals surface area contributed by atoms with E-state index < -0.39 is 17.8 Å². The van der Waals surface area contributed by atoms with Crippen molar-refractivity contribution in [2.45, 2.75) is 213 Å². The predicted molar refractivity (Wildman–Crippen MR) is 203 cm³/mol. The van der Waals surface area contributed by atoms with Crippen molar-refractivity contribution in [1.82, 2.24) is 14.7 Å². The van der Waals surface area contributed by atoms with E-state index in [0.29, 0.717) is 25.7 Å². The summed E-state index contributed by atoms with van der Waals surface area (Å²) in [6.07, 6.45) is 4.82. The van der Waals surface area contributed by atoms with Gasteiger partial charge in [-0.3, -0.25) is 29.1 Å². The molecule has 0 amide bonds. The Bertz CT molecular complexity index is 1220. The van der Waals surface area contributed by atoms with Crippen LogP contribution in [0.5, 0.6) is 0 Å². The monoisotopic (exact) mass is 718 g/mol. The maximum Gasteiger partial charge on any atom is 0.310 e. The summed E-state index contributed by atoms with van der Waals surface area (Å²) in [6, 6.07) is 0. The predicted octanol–water partition coefficient (Wildman–Crippen LogP) is 7.77. The number of piperidine rings is 3. The quantitative estimate of drug-likeness (QED) is 0.175. The molecule has 9 heteroatoms. The summed E-state index contributed by atoms with van der Waals surface area (Å²) in [6.45, 7) is 35.9. The van der Waals surface area contributed by atoms with Crippen molar-refractivity contribution < 1.29 is 28.6 Å². The number of rotatable bonds is 9. The molecule has 3 aliphatic heterocycles. The lowest BCUT2D eigenvalue weighted by atomic mass is 9.73. The van der Waals surface area contributed by atoms with Crippen LogP contribution in [0.4, 0.5) is 0 Å². The van der Waals surface area contributed by atoms with E-state index in [4.69, 9.17) is 14.2 Å². The Balaban J connectivity index is 1.54. The Morgan fingerprint density at radius 3 is 1.02 bits per heavy atom. The number of esters is 3. The van der Waals surface area contributed by atoms with E-state index in [9.17, 15) is 14.4 Å². The molecule has 3 heterocycles. The molecule has 0 bridgehead atoms. The van der Waals surface area contributed by atoms with Crippen LogP contribution in [0.3, 0.4) is 0 Å². The van der Waals surface area contributed by atoms with Gasteiger partial charge in [0.15, 0.2) is 0 Å². The van der Waals surface area contributed by atoms with Gasteiger partial charge < -0.3 is 14.2 Å². The Labute approximate surface area is 311 Å². The molecule has 0 N–H and O–H groups in total. The van der Waals surface area contributed by atoms with Gasteiger partial charge in [-0.2, -0.15) is 0 Å². The minimum absolute atomic E-state index is 0.111. The lowest BCUT2D eigenvalue weighted by Gasteiger charge is -2.55. The molecule has 0 aromatic carbocycles. The van der Waals surface area contributed by atoms with E-state index in [0.717, 1.165) is 45.3 Å². The molecule has 51 heavy (non-hydrogen) atoms. The molecule has 4 aliphatic rings. The SMILES string of the molecule is CCN1C(C)(C)CC(OC(=O)C2CCC(C(=O)OC3CC(C)(C)N(CC)C(C)(C)C3)C(C(=O)OC3CC(C)(C)N(CC)C(C)(C)C3)C2)CC1(C)C. The second-order valence-electron chi connectivity index (χ2n) is 20.2. The molecule has 0 spiro atoms. The molecule has 1 aliphatic carbocycles. The zero-order chi connectivity index (χ0) is 38.5. The van der Waals surface area contributed by atoms with Gasteiger partial charge in [-0.25, -0.2) is 0 Å². The second-order valence-corrected chi connectivity index (χ2v) is 20.2. The Hall–Kier alpha value is -1.71. The number of hydrogen-bond acceptors (Lipinski definition) is 9. The first kappa shape index (κ1) is 42.0. The zero-order valence-corrected chi connectivity index (χ0v) is 35.2. The molecule has 294 valence electrons. The summed E-state index contributed by atoms with van der Waals surface area (Å²) >= 11 is 0. The van der Waals surface area contributed by atoms with Gasteiger partial charge in [-0.1, -0.05) is 20.8 Å². The zero-order valence-electron chi connectivity index (χ0n) is 35.2. The largest absolute Gasteiger partial charge is 0.462 e. The van der Waals surface area contributed by atoms with Gasteiger partial charge in [0.1, 0.15) is 18.3 Å². The molecule has 1 saturated carbocycles. The Kier molecular flexibility index (Phi) is 12.2. The van der Waals surface area contributed by atoms with Crippen molar-refractivity contribution in [1.29, 1.82) is 0 Å². The average Bonchev–Trinajstić information content (AvgIpc) is 2.93. The van der Waals surface area contributed by atoms with Crippen molar-refractivity contribution in [2.75, 3.05) is 19.6 Å². The van der Waals surface area contributed by atoms with Crippen LogP contribution < -0.4 is 0 Å². The lowest BCUT2D eigenvalue weighted by molar-refractivity contribution is -0.183. The highest BCUT2D eigenvalue weighted by Gasteiger charge is 2.51. The number of carbonyl (C=O) groups is 3. The standard InChI is InChI=1S/C42H75N3O6/c1-16-43-37(4,5)22-29(23-38(43,6)7)49-34(46)28-19-20-32(35(47)50-30-24-39(8,9)44(17-2)40(10,11)25-30)33(21-28)36(48)51-31-26-41(12,13)45(18-3)42(14,15)27-31/h28-33H,16-27H2,1-15H3. The highest BCUT2D eigenvalue weighted by molar-refractivity contribution is 5.84. The van der Waals surface area contributed by atoms with Crippen LogP contribution in [0.25, 0.3) is 0 Å². The smallest absolute Gasteiger partial charge is 0.310 e. The second kappa shape index (κ2) is 14.8. The van der Waals surface area contributed by atoms with Crippen LogP contribution in [0.1, 0.15) is 162 Å². The third kappa shape index (κ3) is 8.99. The fraction of sp³-hybridized carbons (Fsp3) is 0.929. The highest BCUT2D eigenvalue weighted by Crippen LogP contribution is 2.45. The Morgan fingerprint density at radius 2 is 0.725 bits per heavy atom. The molecule has 0 aromatic rings. The van der Waals surface area contributed by atoms with Crippen molar-refractivity contribution in [3.8, 4) is 0 Å². The van der Waals surface area contributed by atoms with E-state index in [1.165, 1.54) is 0 Å². The molecule has 4 fully saturated rings. The van der Waals surface area contributed by atoms with E-state index in [1.54, 1.807) is 0 Å². The maximum atomic E-state index is 14.3. The number of likely N-dealkylation sites (tertiary alicyclic amines) is 3. The fourth-order valence-electron chi connectivity index (χ4n) is 12.2. The molecular weight excluding hydrogens is 642 g/mol. The highest BCUT2D eigenvalue weighted by atomic mass is 16.6. The first-order valence-electron chi connectivity index (χ1n) is 20.2. The summed E-state index contributed by atoms with van der Waals surface area (Å²) in [7, 11) is 0. The normalized spacial score (nSPS) is 31.5. The van der Waals surface area contributed by atoms with Gasteiger partial charge >= 0.3 is 17.9 Å². The summed E-state index contributed by atoms with van der Waals surface area (Å²) in [5.41, 5.74) is -0.794. The van der Waals surface area contributed by atoms with Crippen LogP contribution in [-0.2, 0) is 28.6 Å². The van der Waals surface area contributed by atoms with E-state index in [-0.39, 0.29) is 75.9 Å². The van der Waals surface area contributed by atoms with E-state index in [1.807, 2.05) is 0 Å². The first-order chi connectivity index (χ1) is 23.3. The first-order valence-corrected chi connectivity index (χ1v) is 20.2. The van der Waals surface area contributed by atoms with Crippen molar-refractivity contribution in [3.05, 3.63) is 0 Å². The van der Waals surface area contributed by atoms with Crippen LogP contribution in [0.15, 0.2) is 0 Å². The van der Waals surface area contributed by atoms with Crippen molar-refractivity contribution in [3.63, 3.8) is 0 Å². The summed E-state index contributed by atoms with van der Waals surface area (Å²) < 4.78 is 19.0. The van der Waals surface area contributed by atoms with Crippen LogP contribution >= 0.6 is 0 Å². The van der Waals surface area contributed by atoms with Gasteiger partial charge in [-0.05, 0) is 122 Å².